The Morgan fingerprint density at radius 3 is 1.65 bits per heavy atom. The molecule has 0 radical (unpaired) electrons. The van der Waals surface area contributed by atoms with E-state index in [2.05, 4.69) is 47.2 Å². The Bertz CT molecular complexity index is 2790. The minimum atomic E-state index is -1.28. The van der Waals surface area contributed by atoms with Crippen molar-refractivity contribution in [2.75, 3.05) is 55.8 Å². The summed E-state index contributed by atoms with van der Waals surface area (Å²) in [6.07, 6.45) is 6.71. The van der Waals surface area contributed by atoms with Crippen molar-refractivity contribution < 1.29 is 23.7 Å². The predicted octanol–water partition coefficient (Wildman–Crippen LogP) is 6.47. The van der Waals surface area contributed by atoms with Gasteiger partial charge in [0.1, 0.15) is 69.3 Å². The van der Waals surface area contributed by atoms with Crippen molar-refractivity contribution in [3.05, 3.63) is 158 Å². The van der Waals surface area contributed by atoms with Gasteiger partial charge in [-0.15, -0.1) is 0 Å². The minimum Gasteiger partial charge on any atom is -0.491 e. The van der Waals surface area contributed by atoms with Crippen molar-refractivity contribution in [3.8, 4) is 11.4 Å². The zero-order valence-corrected chi connectivity index (χ0v) is 37.6. The molecule has 17 nitrogen and oxygen atoms in total. The Morgan fingerprint density at radius 2 is 1.12 bits per heavy atom. The molecule has 3 aliphatic rings. The normalized spacial score (nSPS) is 22.2. The van der Waals surface area contributed by atoms with Crippen LogP contribution in [0.4, 0.5) is 11.4 Å². The molecule has 65 heavy (non-hydrogen) atoms. The third kappa shape index (κ3) is 9.20. The topological polar surface area (TPSA) is 154 Å². The molecule has 4 aromatic carbocycles. The Hall–Kier alpha value is -5.50. The number of anilines is 2. The van der Waals surface area contributed by atoms with E-state index in [9.17, 15) is 4.79 Å². The van der Waals surface area contributed by atoms with Gasteiger partial charge in [0.15, 0.2) is 0 Å². The summed E-state index contributed by atoms with van der Waals surface area (Å²) in [7, 11) is 0. The average Bonchev–Trinajstić information content (AvgIpc) is 4.19. The van der Waals surface area contributed by atoms with E-state index in [0.29, 0.717) is 43.5 Å². The number of hydrogen-bond acceptors (Lipinski definition) is 13. The lowest BCUT2D eigenvalue weighted by atomic mass is 10.1. The van der Waals surface area contributed by atoms with Crippen molar-refractivity contribution in [2.45, 2.75) is 43.4 Å². The van der Waals surface area contributed by atoms with Crippen LogP contribution in [-0.4, -0.2) is 102 Å². The van der Waals surface area contributed by atoms with Crippen molar-refractivity contribution in [1.82, 2.24) is 43.9 Å². The lowest BCUT2D eigenvalue weighted by Crippen LogP contribution is -2.46. The van der Waals surface area contributed by atoms with Crippen LogP contribution < -0.4 is 20.2 Å². The monoisotopic (exact) mass is 959 g/mol. The van der Waals surface area contributed by atoms with Crippen molar-refractivity contribution in [2.24, 2.45) is 0 Å². The van der Waals surface area contributed by atoms with Crippen LogP contribution in [-0.2, 0) is 50.2 Å². The highest BCUT2D eigenvalue weighted by Gasteiger charge is 2.47. The molecule has 0 saturated carbocycles. The molecule has 3 fully saturated rings. The Morgan fingerprint density at radius 1 is 0.615 bits per heavy atom. The fourth-order valence-corrected chi connectivity index (χ4v) is 9.50. The van der Waals surface area contributed by atoms with Gasteiger partial charge in [0.05, 0.1) is 35.5 Å². The second-order valence-electron chi connectivity index (χ2n) is 15.8. The lowest BCUT2D eigenvalue weighted by Gasteiger charge is -2.37. The van der Waals surface area contributed by atoms with E-state index in [0.717, 1.165) is 43.3 Å². The number of nitrogens with zero attached hydrogens (tertiary/aromatic N) is 11. The first kappa shape index (κ1) is 43.4. The molecule has 3 saturated heterocycles. The third-order valence-electron chi connectivity index (χ3n) is 11.6. The Kier molecular flexibility index (Phi) is 12.3. The van der Waals surface area contributed by atoms with E-state index in [1.54, 1.807) is 58.4 Å². The number of hydrogen-bond donors (Lipinski definition) is 0. The highest BCUT2D eigenvalue weighted by molar-refractivity contribution is 6.35. The summed E-state index contributed by atoms with van der Waals surface area (Å²) in [5, 5.41) is 14.7. The van der Waals surface area contributed by atoms with E-state index in [-0.39, 0.29) is 44.6 Å². The molecule has 336 valence electrons. The lowest BCUT2D eigenvalue weighted by molar-refractivity contribution is -0.190. The van der Waals surface area contributed by atoms with Crippen LogP contribution in [0, 0.1) is 0 Å². The van der Waals surface area contributed by atoms with E-state index in [1.165, 1.54) is 28.2 Å². The number of aromatic nitrogens is 9. The van der Waals surface area contributed by atoms with E-state index in [4.69, 9.17) is 70.1 Å². The Labute approximate surface area is 392 Å². The molecule has 3 aliphatic heterocycles. The molecule has 7 aromatic rings. The minimum absolute atomic E-state index is 0.161. The second-order valence-corrected chi connectivity index (χ2v) is 17.5. The summed E-state index contributed by atoms with van der Waals surface area (Å²) in [5.74, 6) is -1.74. The van der Waals surface area contributed by atoms with Gasteiger partial charge in [-0.05, 0) is 72.8 Å². The maximum Gasteiger partial charge on any atom is 0.350 e. The molecule has 0 bridgehead atoms. The van der Waals surface area contributed by atoms with Gasteiger partial charge >= 0.3 is 5.69 Å². The first-order valence-electron chi connectivity index (χ1n) is 20.8. The van der Waals surface area contributed by atoms with E-state index < -0.39 is 17.7 Å². The van der Waals surface area contributed by atoms with Crippen LogP contribution in [0.3, 0.4) is 0 Å². The number of halogens is 4. The molecule has 4 atom stereocenters. The molecule has 10 rings (SSSR count). The van der Waals surface area contributed by atoms with Crippen molar-refractivity contribution in [1.29, 1.82) is 0 Å². The second kappa shape index (κ2) is 18.4. The summed E-state index contributed by atoms with van der Waals surface area (Å²) in [5.41, 5.74) is 3.82. The summed E-state index contributed by atoms with van der Waals surface area (Å²) < 4.78 is 37.9. The average molecular weight is 962 g/mol. The number of ether oxygens (including phenoxy) is 5. The summed E-state index contributed by atoms with van der Waals surface area (Å²) in [4.78, 5) is 26.4. The zero-order chi connectivity index (χ0) is 44.5. The smallest absolute Gasteiger partial charge is 0.350 e. The molecule has 21 heteroatoms. The molecule has 6 heterocycles. The van der Waals surface area contributed by atoms with Crippen LogP contribution in [0.1, 0.15) is 11.1 Å². The maximum absolute atomic E-state index is 13.6. The van der Waals surface area contributed by atoms with Gasteiger partial charge in [-0.3, -0.25) is 0 Å². The van der Waals surface area contributed by atoms with Gasteiger partial charge in [-0.1, -0.05) is 58.5 Å². The first-order valence-corrected chi connectivity index (χ1v) is 22.3. The van der Waals surface area contributed by atoms with Crippen molar-refractivity contribution >= 4 is 57.8 Å². The van der Waals surface area contributed by atoms with E-state index >= 15 is 0 Å². The third-order valence-corrected chi connectivity index (χ3v) is 12.7. The van der Waals surface area contributed by atoms with Crippen LogP contribution in [0.25, 0.3) is 5.69 Å². The van der Waals surface area contributed by atoms with Gasteiger partial charge in [-0.25, -0.2) is 33.4 Å². The number of benzene rings is 4. The van der Waals surface area contributed by atoms with Crippen LogP contribution in [0.5, 0.6) is 5.75 Å². The fraction of sp³-hybridized carbons (Fsp3) is 0.318. The van der Waals surface area contributed by atoms with Gasteiger partial charge in [0.25, 0.3) is 0 Å². The first-order chi connectivity index (χ1) is 31.6. The molecular weight excluding hydrogens is 920 g/mol. The standard InChI is InChI=1S/C44H41Cl4N11O6/c45-30-1-11-38(40(47)17-30)43(23-56-27-49-25-51-56)62-21-36(64-43)19-59-42(60)58(29-53-59)34-5-3-32(4-6-34)54-13-15-55(16-14-54)33-7-9-35(10-8-33)61-20-37-22-63-44(65-37,24-57-28-50-26-52-57)39-12-2-31(46)18-41(39)48/h1-12,17-18,25-29,36-37H,13-16,19-24H2/t36-,37-,43-,44-/m0/s1. The van der Waals surface area contributed by atoms with Gasteiger partial charge in [-0.2, -0.15) is 15.3 Å². The highest BCUT2D eigenvalue weighted by Crippen LogP contribution is 2.42. The molecule has 0 spiro atoms. The van der Waals surface area contributed by atoms with Crippen molar-refractivity contribution in [3.63, 3.8) is 0 Å². The number of piperazine rings is 1. The summed E-state index contributed by atoms with van der Waals surface area (Å²) in [6.45, 7) is 4.68. The fourth-order valence-electron chi connectivity index (χ4n) is 8.39. The van der Waals surface area contributed by atoms with Crippen LogP contribution >= 0.6 is 46.4 Å². The predicted molar refractivity (Wildman–Crippen MR) is 242 cm³/mol. The largest absolute Gasteiger partial charge is 0.491 e. The number of rotatable bonds is 14. The van der Waals surface area contributed by atoms with Crippen LogP contribution in [0.2, 0.25) is 20.1 Å². The molecule has 0 aliphatic carbocycles. The van der Waals surface area contributed by atoms with Crippen LogP contribution in [0.15, 0.2) is 121 Å². The molecule has 0 N–H and O–H groups in total. The summed E-state index contributed by atoms with van der Waals surface area (Å²) in [6, 6.07) is 26.4. The zero-order valence-electron chi connectivity index (χ0n) is 34.6. The maximum atomic E-state index is 13.6. The quantitative estimate of drug-likeness (QED) is 0.117. The van der Waals surface area contributed by atoms with E-state index in [1.807, 2.05) is 36.4 Å². The van der Waals surface area contributed by atoms with Gasteiger partial charge in [0.2, 0.25) is 11.6 Å². The highest BCUT2D eigenvalue weighted by atomic mass is 35.5. The summed E-state index contributed by atoms with van der Waals surface area (Å²) >= 11 is 25.6. The molecular formula is C44H41Cl4N11O6. The molecule has 3 aromatic heterocycles. The molecule has 0 amide bonds. The van der Waals surface area contributed by atoms with Gasteiger partial charge in [0, 0.05) is 58.7 Å². The van der Waals surface area contributed by atoms with Gasteiger partial charge < -0.3 is 33.5 Å². The SMILES string of the molecule is O=c1n(-c2ccc(N3CCN(c4ccc(OC[C@H]5CO[C@](Cn6cncn6)(c6ccc(Cl)cc6Cl)O5)cc4)CC3)cc2)cnn1C[C@H]1CO[C@](Cn2cncn2)(c2ccc(Cl)cc2Cl)O1. The Balaban J connectivity index is 0.720. The molecule has 0 unspecified atom stereocenters.